The molecule has 1 aliphatic rings. The van der Waals surface area contributed by atoms with E-state index in [4.69, 9.17) is 0 Å². The maximum Gasteiger partial charge on any atom is 0.233 e. The van der Waals surface area contributed by atoms with Crippen LogP contribution in [-0.2, 0) is 4.79 Å². The number of nitrogens with zero attached hydrogens (tertiary/aromatic N) is 1. The van der Waals surface area contributed by atoms with Crippen molar-refractivity contribution in [1.29, 1.82) is 0 Å². The molecular formula is C14H29N3O. The zero-order chi connectivity index (χ0) is 13.4. The van der Waals surface area contributed by atoms with E-state index in [-0.39, 0.29) is 5.91 Å². The SMILES string of the molecule is CC(C)N(C)CCCCNCC(=O)NCC1CC1. The van der Waals surface area contributed by atoms with Crippen molar-refractivity contribution in [2.45, 2.75) is 45.6 Å². The summed E-state index contributed by atoms with van der Waals surface area (Å²) in [5.41, 5.74) is 0. The van der Waals surface area contributed by atoms with Crippen LogP contribution in [0.4, 0.5) is 0 Å². The van der Waals surface area contributed by atoms with Crippen molar-refractivity contribution in [3.63, 3.8) is 0 Å². The molecule has 0 aromatic carbocycles. The molecule has 4 nitrogen and oxygen atoms in total. The first-order valence-corrected chi connectivity index (χ1v) is 7.27. The van der Waals surface area contributed by atoms with Crippen LogP contribution in [0.1, 0.15) is 39.5 Å². The fourth-order valence-corrected chi connectivity index (χ4v) is 1.71. The van der Waals surface area contributed by atoms with Crippen molar-refractivity contribution < 1.29 is 4.79 Å². The lowest BCUT2D eigenvalue weighted by atomic mass is 10.2. The molecule has 0 heterocycles. The van der Waals surface area contributed by atoms with E-state index in [0.29, 0.717) is 12.6 Å². The minimum absolute atomic E-state index is 0.140. The first-order chi connectivity index (χ1) is 8.59. The maximum absolute atomic E-state index is 11.4. The molecule has 1 saturated carbocycles. The lowest BCUT2D eigenvalue weighted by Gasteiger charge is -2.20. The Bertz CT molecular complexity index is 239. The van der Waals surface area contributed by atoms with Gasteiger partial charge in [-0.3, -0.25) is 4.79 Å². The molecule has 0 aromatic rings. The second-order valence-electron chi connectivity index (χ2n) is 5.71. The average Bonchev–Trinajstić information content (AvgIpc) is 3.14. The molecule has 0 saturated heterocycles. The first-order valence-electron chi connectivity index (χ1n) is 7.27. The van der Waals surface area contributed by atoms with E-state index in [9.17, 15) is 4.79 Å². The van der Waals surface area contributed by atoms with Crippen molar-refractivity contribution in [3.05, 3.63) is 0 Å². The number of hydrogen-bond acceptors (Lipinski definition) is 3. The maximum atomic E-state index is 11.4. The Kier molecular flexibility index (Phi) is 7.28. The number of nitrogens with one attached hydrogen (secondary N) is 2. The number of carbonyl (C=O) groups excluding carboxylic acids is 1. The molecule has 0 spiro atoms. The van der Waals surface area contributed by atoms with Gasteiger partial charge in [-0.15, -0.1) is 0 Å². The van der Waals surface area contributed by atoms with Gasteiger partial charge in [0.25, 0.3) is 0 Å². The molecule has 1 fully saturated rings. The molecule has 0 atom stereocenters. The Morgan fingerprint density at radius 3 is 2.67 bits per heavy atom. The van der Waals surface area contributed by atoms with Crippen LogP contribution in [0.25, 0.3) is 0 Å². The molecule has 4 heteroatoms. The molecule has 1 amide bonds. The Labute approximate surface area is 111 Å². The van der Waals surface area contributed by atoms with E-state index in [2.05, 4.69) is 36.4 Å². The number of amides is 1. The highest BCUT2D eigenvalue weighted by molar-refractivity contribution is 5.77. The van der Waals surface area contributed by atoms with Crippen LogP contribution in [0.15, 0.2) is 0 Å². The zero-order valence-electron chi connectivity index (χ0n) is 12.2. The molecule has 1 rings (SSSR count). The van der Waals surface area contributed by atoms with E-state index in [1.807, 2.05) is 0 Å². The van der Waals surface area contributed by atoms with Crippen LogP contribution in [-0.4, -0.2) is 50.1 Å². The average molecular weight is 255 g/mol. The zero-order valence-corrected chi connectivity index (χ0v) is 12.2. The summed E-state index contributed by atoms with van der Waals surface area (Å²) in [6, 6.07) is 0.617. The van der Waals surface area contributed by atoms with Gasteiger partial charge in [0, 0.05) is 12.6 Å². The van der Waals surface area contributed by atoms with Crippen molar-refractivity contribution in [3.8, 4) is 0 Å². The number of carbonyl (C=O) groups is 1. The number of unbranched alkanes of at least 4 members (excludes halogenated alkanes) is 1. The van der Waals surface area contributed by atoms with E-state index in [0.717, 1.165) is 32.0 Å². The van der Waals surface area contributed by atoms with Crippen molar-refractivity contribution >= 4 is 5.91 Å². The second kappa shape index (κ2) is 8.48. The Hall–Kier alpha value is -0.610. The summed E-state index contributed by atoms with van der Waals surface area (Å²) in [5, 5.41) is 6.16. The van der Waals surface area contributed by atoms with Gasteiger partial charge in [-0.2, -0.15) is 0 Å². The monoisotopic (exact) mass is 255 g/mol. The largest absolute Gasteiger partial charge is 0.355 e. The van der Waals surface area contributed by atoms with Crippen molar-refractivity contribution in [2.75, 3.05) is 33.2 Å². The van der Waals surface area contributed by atoms with Gasteiger partial charge in [0.05, 0.1) is 6.54 Å². The van der Waals surface area contributed by atoms with Crippen LogP contribution in [0.5, 0.6) is 0 Å². The van der Waals surface area contributed by atoms with Gasteiger partial charge in [0.15, 0.2) is 0 Å². The quantitative estimate of drug-likeness (QED) is 0.577. The summed E-state index contributed by atoms with van der Waals surface area (Å²) in [7, 11) is 2.16. The van der Waals surface area contributed by atoms with Crippen molar-refractivity contribution in [2.24, 2.45) is 5.92 Å². The normalized spacial score (nSPS) is 15.4. The number of hydrogen-bond donors (Lipinski definition) is 2. The van der Waals surface area contributed by atoms with E-state index >= 15 is 0 Å². The van der Waals surface area contributed by atoms with E-state index in [1.165, 1.54) is 19.3 Å². The molecule has 0 radical (unpaired) electrons. The molecule has 0 unspecified atom stereocenters. The minimum atomic E-state index is 0.140. The standard InChI is InChI=1S/C14H29N3O/c1-12(2)17(3)9-5-4-8-15-11-14(18)16-10-13-6-7-13/h12-13,15H,4-11H2,1-3H3,(H,16,18). The lowest BCUT2D eigenvalue weighted by Crippen LogP contribution is -2.35. The lowest BCUT2D eigenvalue weighted by molar-refractivity contribution is -0.120. The van der Waals surface area contributed by atoms with Crippen LogP contribution in [0.2, 0.25) is 0 Å². The van der Waals surface area contributed by atoms with Crippen LogP contribution in [0, 0.1) is 5.92 Å². The molecule has 1 aliphatic carbocycles. The predicted octanol–water partition coefficient (Wildman–Crippen LogP) is 1.22. The van der Waals surface area contributed by atoms with Gasteiger partial charge in [0.2, 0.25) is 5.91 Å². The van der Waals surface area contributed by atoms with Crippen LogP contribution < -0.4 is 10.6 Å². The summed E-state index contributed by atoms with van der Waals surface area (Å²) >= 11 is 0. The fraction of sp³-hybridized carbons (Fsp3) is 0.929. The molecule has 18 heavy (non-hydrogen) atoms. The summed E-state index contributed by atoms with van der Waals surface area (Å²) in [6.45, 7) is 7.83. The van der Waals surface area contributed by atoms with Gasteiger partial charge >= 0.3 is 0 Å². The van der Waals surface area contributed by atoms with E-state index < -0.39 is 0 Å². The van der Waals surface area contributed by atoms with Crippen LogP contribution >= 0.6 is 0 Å². The van der Waals surface area contributed by atoms with Gasteiger partial charge in [-0.25, -0.2) is 0 Å². The summed E-state index contributed by atoms with van der Waals surface area (Å²) < 4.78 is 0. The third-order valence-electron chi connectivity index (χ3n) is 3.57. The molecular weight excluding hydrogens is 226 g/mol. The van der Waals surface area contributed by atoms with Crippen LogP contribution in [0.3, 0.4) is 0 Å². The molecule has 0 aromatic heterocycles. The number of rotatable bonds is 10. The fourth-order valence-electron chi connectivity index (χ4n) is 1.71. The second-order valence-corrected chi connectivity index (χ2v) is 5.71. The van der Waals surface area contributed by atoms with Gasteiger partial charge < -0.3 is 15.5 Å². The van der Waals surface area contributed by atoms with Gasteiger partial charge in [0.1, 0.15) is 0 Å². The molecule has 2 N–H and O–H groups in total. The molecule has 0 aliphatic heterocycles. The van der Waals surface area contributed by atoms with E-state index in [1.54, 1.807) is 0 Å². The molecule has 106 valence electrons. The molecule has 0 bridgehead atoms. The Morgan fingerprint density at radius 2 is 2.06 bits per heavy atom. The van der Waals surface area contributed by atoms with Crippen molar-refractivity contribution in [1.82, 2.24) is 15.5 Å². The first kappa shape index (κ1) is 15.4. The topological polar surface area (TPSA) is 44.4 Å². The Morgan fingerprint density at radius 1 is 1.33 bits per heavy atom. The third-order valence-corrected chi connectivity index (χ3v) is 3.57. The smallest absolute Gasteiger partial charge is 0.233 e. The third kappa shape index (κ3) is 7.67. The predicted molar refractivity (Wildman–Crippen MR) is 75.6 cm³/mol. The minimum Gasteiger partial charge on any atom is -0.355 e. The summed E-state index contributed by atoms with van der Waals surface area (Å²) in [6.07, 6.45) is 4.90. The van der Waals surface area contributed by atoms with Gasteiger partial charge in [-0.1, -0.05) is 0 Å². The van der Waals surface area contributed by atoms with Gasteiger partial charge in [-0.05, 0) is 65.6 Å². The Balaban J connectivity index is 1.83. The highest BCUT2D eigenvalue weighted by Gasteiger charge is 2.21. The summed E-state index contributed by atoms with van der Waals surface area (Å²) in [4.78, 5) is 13.8. The highest BCUT2D eigenvalue weighted by Crippen LogP contribution is 2.27. The highest BCUT2D eigenvalue weighted by atomic mass is 16.1. The summed E-state index contributed by atoms with van der Waals surface area (Å²) in [5.74, 6) is 0.904.